The molecule has 8 nitrogen and oxygen atoms in total. The van der Waals surface area contributed by atoms with Crippen LogP contribution in [-0.2, 0) is 4.57 Å². The highest BCUT2D eigenvalue weighted by atomic mass is 127. The third-order valence-electron chi connectivity index (χ3n) is 6.69. The number of imidazole rings is 1. The molecule has 0 bridgehead atoms. The van der Waals surface area contributed by atoms with Gasteiger partial charge in [-0.3, -0.25) is 9.13 Å². The lowest BCUT2D eigenvalue weighted by atomic mass is 9.79. The lowest BCUT2D eigenvalue weighted by molar-refractivity contribution is 0.316. The van der Waals surface area contributed by atoms with E-state index in [2.05, 4.69) is 94.2 Å². The van der Waals surface area contributed by atoms with Crippen molar-refractivity contribution in [2.45, 2.75) is 58.3 Å². The first-order valence-corrected chi connectivity index (χ1v) is 15.3. The number of nitrogens with zero attached hydrogens (tertiary/aromatic N) is 4. The molecule has 0 atom stereocenters. The van der Waals surface area contributed by atoms with E-state index >= 15 is 0 Å². The van der Waals surface area contributed by atoms with Gasteiger partial charge in [-0.1, -0.05) is 38.1 Å². The van der Waals surface area contributed by atoms with Gasteiger partial charge < -0.3 is 15.1 Å². The summed E-state index contributed by atoms with van der Waals surface area (Å²) in [5.41, 5.74) is 4.79. The maximum atomic E-state index is 11.4. The van der Waals surface area contributed by atoms with Crippen LogP contribution < -0.4 is 5.32 Å². The topological polar surface area (TPSA) is 113 Å². The maximum Gasteiger partial charge on any atom is 0.325 e. The number of anilines is 1. The van der Waals surface area contributed by atoms with E-state index in [0.29, 0.717) is 11.9 Å². The molecule has 1 saturated carbocycles. The molecular weight excluding hydrogens is 588 g/mol. The molecular formula is C26H33IN5O3P. The van der Waals surface area contributed by atoms with Gasteiger partial charge in [0.15, 0.2) is 5.65 Å². The Kier molecular flexibility index (Phi) is 8.98. The molecule has 0 aliphatic heterocycles. The van der Waals surface area contributed by atoms with Crippen molar-refractivity contribution in [3.8, 4) is 5.69 Å². The Hall–Kier alpha value is -2.07. The van der Waals surface area contributed by atoms with Crippen molar-refractivity contribution in [1.29, 1.82) is 0 Å². The SMILES string of the molecule is CC/C=C\C=C(/CC)Nc1nc2c(I)ncnc2n1-c1ccc([C@H]2CC[C@H](CP(=O)(O)O)CC2)cc1. The van der Waals surface area contributed by atoms with E-state index in [0.717, 1.165) is 64.8 Å². The van der Waals surface area contributed by atoms with Crippen LogP contribution in [0.2, 0.25) is 0 Å². The third-order valence-corrected chi connectivity index (χ3v) is 8.47. The van der Waals surface area contributed by atoms with Crippen LogP contribution in [0.15, 0.2) is 54.5 Å². The number of hydrogen-bond acceptors (Lipinski definition) is 5. The van der Waals surface area contributed by atoms with Crippen LogP contribution in [0.25, 0.3) is 16.9 Å². The van der Waals surface area contributed by atoms with Gasteiger partial charge in [-0.05, 0) is 96.7 Å². The Balaban J connectivity index is 1.60. The summed E-state index contributed by atoms with van der Waals surface area (Å²) in [4.78, 5) is 32.3. The van der Waals surface area contributed by atoms with Gasteiger partial charge >= 0.3 is 7.60 Å². The number of rotatable bonds is 9. The van der Waals surface area contributed by atoms with Crippen LogP contribution in [-0.4, -0.2) is 35.5 Å². The molecule has 1 aromatic carbocycles. The highest BCUT2D eigenvalue weighted by Gasteiger charge is 2.27. The standard InChI is InChI=1S/C26H33IN5O3P/c1-3-5-6-7-21(4-2)30-26-31-23-24(27)28-17-29-25(23)32(26)22-14-12-20(13-15-22)19-10-8-18(9-11-19)16-36(33,34)35/h5-7,12-15,17-19H,3-4,8-11,16H2,1-2H3,(H,30,31)(H2,33,34,35)/b6-5-,21-7+/t18-,19-. The molecule has 1 fully saturated rings. The average molecular weight is 621 g/mol. The number of fused-ring (bicyclic) bond motifs is 1. The van der Waals surface area contributed by atoms with Crippen LogP contribution in [0.1, 0.15) is 63.9 Å². The van der Waals surface area contributed by atoms with Crippen molar-refractivity contribution in [1.82, 2.24) is 19.5 Å². The Morgan fingerprint density at radius 2 is 1.89 bits per heavy atom. The second-order valence-corrected chi connectivity index (χ2v) is 12.0. The van der Waals surface area contributed by atoms with Crippen molar-refractivity contribution >= 4 is 47.3 Å². The monoisotopic (exact) mass is 621 g/mol. The first kappa shape index (κ1) is 27.0. The van der Waals surface area contributed by atoms with Gasteiger partial charge in [0, 0.05) is 5.70 Å². The highest BCUT2D eigenvalue weighted by Crippen LogP contribution is 2.44. The molecule has 0 amide bonds. The van der Waals surface area contributed by atoms with Crippen molar-refractivity contribution in [3.63, 3.8) is 0 Å². The molecule has 0 spiro atoms. The fourth-order valence-electron chi connectivity index (χ4n) is 4.82. The maximum absolute atomic E-state index is 11.4. The molecule has 0 saturated heterocycles. The van der Waals surface area contributed by atoms with Crippen molar-refractivity contribution in [2.75, 3.05) is 11.5 Å². The predicted octanol–water partition coefficient (Wildman–Crippen LogP) is 6.54. The van der Waals surface area contributed by atoms with E-state index in [1.54, 1.807) is 6.33 Å². The minimum Gasteiger partial charge on any atom is -0.329 e. The molecule has 1 aliphatic rings. The summed E-state index contributed by atoms with van der Waals surface area (Å²) in [6, 6.07) is 8.52. The molecule has 192 valence electrons. The van der Waals surface area contributed by atoms with Gasteiger partial charge in [-0.15, -0.1) is 0 Å². The van der Waals surface area contributed by atoms with Gasteiger partial charge in [0.2, 0.25) is 5.95 Å². The summed E-state index contributed by atoms with van der Waals surface area (Å²) >= 11 is 2.19. The van der Waals surface area contributed by atoms with E-state index < -0.39 is 7.60 Å². The minimum atomic E-state index is -3.94. The van der Waals surface area contributed by atoms with Gasteiger partial charge in [-0.25, -0.2) is 15.0 Å². The van der Waals surface area contributed by atoms with Gasteiger partial charge in [0.05, 0.1) is 11.8 Å². The fourth-order valence-corrected chi connectivity index (χ4v) is 6.34. The van der Waals surface area contributed by atoms with Crippen LogP contribution in [0.3, 0.4) is 0 Å². The Morgan fingerprint density at radius 3 is 2.53 bits per heavy atom. The molecule has 36 heavy (non-hydrogen) atoms. The molecule has 4 rings (SSSR count). The summed E-state index contributed by atoms with van der Waals surface area (Å²) < 4.78 is 14.2. The number of hydrogen-bond donors (Lipinski definition) is 3. The Morgan fingerprint density at radius 1 is 1.17 bits per heavy atom. The zero-order valence-electron chi connectivity index (χ0n) is 20.6. The molecule has 0 radical (unpaired) electrons. The van der Waals surface area contributed by atoms with Crippen LogP contribution >= 0.6 is 30.2 Å². The van der Waals surface area contributed by atoms with E-state index in [1.807, 2.05) is 4.57 Å². The van der Waals surface area contributed by atoms with Crippen molar-refractivity contribution in [3.05, 3.63) is 63.8 Å². The quantitative estimate of drug-likeness (QED) is 0.108. The molecule has 2 heterocycles. The Labute approximate surface area is 225 Å². The van der Waals surface area contributed by atoms with E-state index in [-0.39, 0.29) is 12.1 Å². The summed E-state index contributed by atoms with van der Waals surface area (Å²) in [6.07, 6.45) is 13.3. The first-order valence-electron chi connectivity index (χ1n) is 12.5. The average Bonchev–Trinajstić information content (AvgIpc) is 3.22. The summed E-state index contributed by atoms with van der Waals surface area (Å²) in [5.74, 6) is 1.22. The van der Waals surface area contributed by atoms with Crippen molar-refractivity contribution in [2.24, 2.45) is 5.92 Å². The second kappa shape index (κ2) is 12.0. The lowest BCUT2D eigenvalue weighted by Gasteiger charge is -2.29. The largest absolute Gasteiger partial charge is 0.329 e. The van der Waals surface area contributed by atoms with Crippen LogP contribution in [0, 0.1) is 9.62 Å². The summed E-state index contributed by atoms with van der Waals surface area (Å²) in [7, 11) is -3.94. The number of aromatic nitrogens is 4. The normalized spacial score (nSPS) is 19.3. The molecule has 3 N–H and O–H groups in total. The number of halogens is 1. The zero-order chi connectivity index (χ0) is 25.7. The van der Waals surface area contributed by atoms with E-state index in [4.69, 9.17) is 4.98 Å². The molecule has 10 heteroatoms. The fraction of sp³-hybridized carbons (Fsp3) is 0.423. The van der Waals surface area contributed by atoms with Crippen molar-refractivity contribution < 1.29 is 14.4 Å². The molecule has 0 unspecified atom stereocenters. The second-order valence-electron chi connectivity index (χ2n) is 9.27. The minimum absolute atomic E-state index is 0.00518. The van der Waals surface area contributed by atoms with E-state index in [9.17, 15) is 14.4 Å². The molecule has 3 aromatic rings. The first-order chi connectivity index (χ1) is 17.3. The molecule has 2 aromatic heterocycles. The summed E-state index contributed by atoms with van der Waals surface area (Å²) in [6.45, 7) is 4.22. The highest BCUT2D eigenvalue weighted by molar-refractivity contribution is 14.1. The smallest absolute Gasteiger partial charge is 0.325 e. The van der Waals surface area contributed by atoms with Crippen LogP contribution in [0.4, 0.5) is 5.95 Å². The Bertz CT molecular complexity index is 1290. The predicted molar refractivity (Wildman–Crippen MR) is 152 cm³/mol. The lowest BCUT2D eigenvalue weighted by Crippen LogP contribution is -2.16. The molecule has 1 aliphatic carbocycles. The zero-order valence-corrected chi connectivity index (χ0v) is 23.7. The van der Waals surface area contributed by atoms with Gasteiger partial charge in [0.1, 0.15) is 15.5 Å². The number of nitrogens with one attached hydrogen (secondary N) is 1. The number of benzene rings is 1. The van der Waals surface area contributed by atoms with Gasteiger partial charge in [0.25, 0.3) is 0 Å². The number of allylic oxidation sites excluding steroid dienone is 4. The summed E-state index contributed by atoms with van der Waals surface area (Å²) in [5, 5.41) is 3.50. The third kappa shape index (κ3) is 6.62. The van der Waals surface area contributed by atoms with Gasteiger partial charge in [-0.2, -0.15) is 0 Å². The van der Waals surface area contributed by atoms with Crippen LogP contribution in [0.5, 0.6) is 0 Å². The van der Waals surface area contributed by atoms with E-state index in [1.165, 1.54) is 5.56 Å².